The molecular formula is C17H22N4O2. The molecule has 0 spiro atoms. The molecule has 0 aliphatic rings. The Kier molecular flexibility index (Phi) is 5.65. The lowest BCUT2D eigenvalue weighted by Crippen LogP contribution is -2.24. The molecule has 6 nitrogen and oxygen atoms in total. The first-order valence-corrected chi connectivity index (χ1v) is 7.56. The van der Waals surface area contributed by atoms with Crippen LogP contribution in [0.1, 0.15) is 12.0 Å². The highest BCUT2D eigenvalue weighted by atomic mass is 16.6. The average Bonchev–Trinajstić information content (AvgIpc) is 2.52. The topological polar surface area (TPSA) is 62.5 Å². The van der Waals surface area contributed by atoms with Gasteiger partial charge in [0.1, 0.15) is 5.69 Å². The lowest BCUT2D eigenvalue weighted by Gasteiger charge is -2.25. The summed E-state index contributed by atoms with van der Waals surface area (Å²) in [6.07, 6.45) is 3.91. The highest BCUT2D eigenvalue weighted by molar-refractivity contribution is 5.71. The second-order valence-electron chi connectivity index (χ2n) is 5.77. The summed E-state index contributed by atoms with van der Waals surface area (Å²) < 4.78 is 0. The normalized spacial score (nSPS) is 10.8. The number of benzene rings is 1. The lowest BCUT2D eigenvalue weighted by molar-refractivity contribution is -0.384. The van der Waals surface area contributed by atoms with Crippen LogP contribution in [0.5, 0.6) is 0 Å². The number of aryl methyl sites for hydroxylation is 1. The van der Waals surface area contributed by atoms with Crippen molar-refractivity contribution in [2.24, 2.45) is 0 Å². The third kappa shape index (κ3) is 4.50. The van der Waals surface area contributed by atoms with Gasteiger partial charge in [0, 0.05) is 24.5 Å². The van der Waals surface area contributed by atoms with Crippen molar-refractivity contribution in [3.63, 3.8) is 0 Å². The molecular weight excluding hydrogens is 292 g/mol. The van der Waals surface area contributed by atoms with Crippen molar-refractivity contribution in [2.45, 2.75) is 13.3 Å². The number of rotatable bonds is 7. The first kappa shape index (κ1) is 16.9. The molecule has 1 aromatic carbocycles. The van der Waals surface area contributed by atoms with Crippen molar-refractivity contribution in [3.8, 4) is 0 Å². The van der Waals surface area contributed by atoms with Gasteiger partial charge in [0.2, 0.25) is 0 Å². The summed E-state index contributed by atoms with van der Waals surface area (Å²) in [5.74, 6) is 0. The summed E-state index contributed by atoms with van der Waals surface area (Å²) >= 11 is 0. The van der Waals surface area contributed by atoms with E-state index >= 15 is 0 Å². The Labute approximate surface area is 136 Å². The van der Waals surface area contributed by atoms with E-state index in [1.54, 1.807) is 6.20 Å². The van der Waals surface area contributed by atoms with Gasteiger partial charge < -0.3 is 9.80 Å². The molecule has 0 aliphatic carbocycles. The van der Waals surface area contributed by atoms with Crippen molar-refractivity contribution in [1.82, 2.24) is 9.88 Å². The molecule has 2 aromatic rings. The maximum Gasteiger partial charge on any atom is 0.296 e. The molecule has 0 N–H and O–H groups in total. The summed E-state index contributed by atoms with van der Waals surface area (Å²) in [6, 6.07) is 9.44. The van der Waals surface area contributed by atoms with Crippen LogP contribution in [-0.2, 0) is 0 Å². The molecule has 0 amide bonds. The fraction of sp³-hybridized carbons (Fsp3) is 0.353. The molecule has 0 radical (unpaired) electrons. The van der Waals surface area contributed by atoms with Crippen molar-refractivity contribution in [3.05, 3.63) is 58.4 Å². The second-order valence-corrected chi connectivity index (χ2v) is 5.77. The number of nitrogens with zero attached hydrogens (tertiary/aromatic N) is 4. The maximum absolute atomic E-state index is 11.3. The van der Waals surface area contributed by atoms with Crippen LogP contribution in [-0.4, -0.2) is 42.0 Å². The van der Waals surface area contributed by atoms with Crippen molar-refractivity contribution < 1.29 is 4.92 Å². The van der Waals surface area contributed by atoms with Gasteiger partial charge in [0.25, 0.3) is 5.69 Å². The van der Waals surface area contributed by atoms with Crippen molar-refractivity contribution in [1.29, 1.82) is 0 Å². The molecule has 6 heteroatoms. The fourth-order valence-corrected chi connectivity index (χ4v) is 2.40. The molecule has 122 valence electrons. The van der Waals surface area contributed by atoms with E-state index in [-0.39, 0.29) is 10.6 Å². The van der Waals surface area contributed by atoms with Crippen molar-refractivity contribution in [2.75, 3.05) is 32.1 Å². The molecule has 0 aliphatic heterocycles. The van der Waals surface area contributed by atoms with Crippen LogP contribution in [0.25, 0.3) is 0 Å². The third-order valence-corrected chi connectivity index (χ3v) is 3.60. The van der Waals surface area contributed by atoms with Crippen LogP contribution in [0.2, 0.25) is 0 Å². The average molecular weight is 314 g/mol. The smallest absolute Gasteiger partial charge is 0.296 e. The number of anilines is 2. The predicted molar refractivity (Wildman–Crippen MR) is 92.2 cm³/mol. The zero-order chi connectivity index (χ0) is 16.8. The van der Waals surface area contributed by atoms with E-state index in [4.69, 9.17) is 0 Å². The Hall–Kier alpha value is -2.47. The number of nitro groups is 1. The Balaban J connectivity index is 2.37. The maximum atomic E-state index is 11.3. The summed E-state index contributed by atoms with van der Waals surface area (Å²) in [6.45, 7) is 3.62. The minimum Gasteiger partial charge on any atom is -0.335 e. The molecule has 0 atom stereocenters. The zero-order valence-electron chi connectivity index (χ0n) is 13.8. The van der Waals surface area contributed by atoms with Gasteiger partial charge in [0.05, 0.1) is 11.1 Å². The van der Waals surface area contributed by atoms with E-state index in [9.17, 15) is 10.1 Å². The highest BCUT2D eigenvalue weighted by Gasteiger charge is 2.20. The van der Waals surface area contributed by atoms with Crippen LogP contribution in [0.15, 0.2) is 42.7 Å². The molecule has 0 saturated carbocycles. The molecule has 0 unspecified atom stereocenters. The van der Waals surface area contributed by atoms with E-state index in [0.29, 0.717) is 12.2 Å². The van der Waals surface area contributed by atoms with Gasteiger partial charge in [-0.1, -0.05) is 17.7 Å². The van der Waals surface area contributed by atoms with Gasteiger partial charge in [0.15, 0.2) is 0 Å². The summed E-state index contributed by atoms with van der Waals surface area (Å²) in [5, 5.41) is 11.3. The lowest BCUT2D eigenvalue weighted by atomic mass is 10.2. The zero-order valence-corrected chi connectivity index (χ0v) is 13.8. The van der Waals surface area contributed by atoms with E-state index in [1.807, 2.05) is 50.2 Å². The van der Waals surface area contributed by atoms with Gasteiger partial charge >= 0.3 is 0 Å². The van der Waals surface area contributed by atoms with Gasteiger partial charge in [-0.2, -0.15) is 0 Å². The molecule has 0 saturated heterocycles. The second kappa shape index (κ2) is 7.69. The Morgan fingerprint density at radius 2 is 1.83 bits per heavy atom. The standard InChI is InChI=1S/C17H22N4O2/c1-14-5-7-15(8-6-14)20(12-4-11-19(2)3)17-13-18-10-9-16(17)21(22)23/h5-10,13H,4,11-12H2,1-3H3. The number of hydrogen-bond donors (Lipinski definition) is 0. The van der Waals surface area contributed by atoms with Gasteiger partial charge in [-0.25, -0.2) is 0 Å². The number of pyridine rings is 1. The summed E-state index contributed by atoms with van der Waals surface area (Å²) in [5.41, 5.74) is 2.69. The first-order chi connectivity index (χ1) is 11.0. The molecule has 0 fully saturated rings. The fourth-order valence-electron chi connectivity index (χ4n) is 2.40. The van der Waals surface area contributed by atoms with Crippen LogP contribution in [0.4, 0.5) is 17.1 Å². The van der Waals surface area contributed by atoms with Crippen LogP contribution in [0, 0.1) is 17.0 Å². The highest BCUT2D eigenvalue weighted by Crippen LogP contribution is 2.32. The summed E-state index contributed by atoms with van der Waals surface area (Å²) in [4.78, 5) is 19.1. The Morgan fingerprint density at radius 3 is 2.43 bits per heavy atom. The van der Waals surface area contributed by atoms with E-state index in [1.165, 1.54) is 12.3 Å². The molecule has 1 heterocycles. The minimum absolute atomic E-state index is 0.0745. The minimum atomic E-state index is -0.357. The van der Waals surface area contributed by atoms with Gasteiger partial charge in [-0.05, 0) is 46.1 Å². The quantitative estimate of drug-likeness (QED) is 0.579. The van der Waals surface area contributed by atoms with Crippen molar-refractivity contribution >= 4 is 17.1 Å². The van der Waals surface area contributed by atoms with E-state index in [0.717, 1.165) is 24.2 Å². The Morgan fingerprint density at radius 1 is 1.13 bits per heavy atom. The van der Waals surface area contributed by atoms with Crippen LogP contribution >= 0.6 is 0 Å². The van der Waals surface area contributed by atoms with E-state index in [2.05, 4.69) is 9.88 Å². The number of aromatic nitrogens is 1. The van der Waals surface area contributed by atoms with Crippen LogP contribution in [0.3, 0.4) is 0 Å². The SMILES string of the molecule is Cc1ccc(N(CCCN(C)C)c2cnccc2[N+](=O)[O-])cc1. The molecule has 1 aromatic heterocycles. The first-order valence-electron chi connectivity index (χ1n) is 7.56. The largest absolute Gasteiger partial charge is 0.335 e. The summed E-state index contributed by atoms with van der Waals surface area (Å²) in [7, 11) is 4.03. The number of hydrogen-bond acceptors (Lipinski definition) is 5. The predicted octanol–water partition coefficient (Wildman–Crippen LogP) is 3.39. The molecule has 23 heavy (non-hydrogen) atoms. The van der Waals surface area contributed by atoms with E-state index < -0.39 is 0 Å². The van der Waals surface area contributed by atoms with Crippen LogP contribution < -0.4 is 4.90 Å². The molecule has 0 bridgehead atoms. The monoisotopic (exact) mass is 314 g/mol. The third-order valence-electron chi connectivity index (χ3n) is 3.60. The van der Waals surface area contributed by atoms with Gasteiger partial charge in [-0.3, -0.25) is 15.1 Å². The van der Waals surface area contributed by atoms with Gasteiger partial charge in [-0.15, -0.1) is 0 Å². The Bertz CT molecular complexity index is 656. The molecule has 2 rings (SSSR count).